The molecule has 0 radical (unpaired) electrons. The van der Waals surface area contributed by atoms with Crippen LogP contribution in [0.2, 0.25) is 0 Å². The number of amidine groups is 1. The van der Waals surface area contributed by atoms with Crippen molar-refractivity contribution in [1.82, 2.24) is 5.32 Å². The average molecular weight is 245 g/mol. The van der Waals surface area contributed by atoms with E-state index in [2.05, 4.69) is 10.5 Å². The molecule has 0 heterocycles. The molecule has 0 bridgehead atoms. The second kappa shape index (κ2) is 7.11. The van der Waals surface area contributed by atoms with E-state index in [1.54, 1.807) is 6.92 Å². The summed E-state index contributed by atoms with van der Waals surface area (Å²) in [6, 6.07) is -0.460. The molecule has 0 aromatic carbocycles. The molecule has 0 aromatic rings. The first-order valence-corrected chi connectivity index (χ1v) is 5.78. The molecule has 2 atom stereocenters. The predicted molar refractivity (Wildman–Crippen MR) is 66.0 cm³/mol. The third kappa shape index (κ3) is 4.22. The van der Waals surface area contributed by atoms with Crippen LogP contribution in [0.25, 0.3) is 0 Å². The molecule has 6 heteroatoms. The molecule has 0 aliphatic carbocycles. The van der Waals surface area contributed by atoms with E-state index >= 15 is 0 Å². The molecule has 1 amide bonds. The van der Waals surface area contributed by atoms with E-state index in [0.29, 0.717) is 12.8 Å². The van der Waals surface area contributed by atoms with Crippen LogP contribution < -0.4 is 11.1 Å². The van der Waals surface area contributed by atoms with Crippen molar-refractivity contribution in [3.8, 4) is 0 Å². The van der Waals surface area contributed by atoms with Crippen LogP contribution in [0.3, 0.4) is 0 Å². The summed E-state index contributed by atoms with van der Waals surface area (Å²) in [4.78, 5) is 12.0. The zero-order valence-electron chi connectivity index (χ0n) is 11.0. The van der Waals surface area contributed by atoms with Gasteiger partial charge in [-0.1, -0.05) is 25.4 Å². The molecule has 0 aliphatic rings. The Bertz CT molecular complexity index is 275. The Hall–Kier alpha value is -1.30. The van der Waals surface area contributed by atoms with Crippen molar-refractivity contribution in [2.45, 2.75) is 51.7 Å². The maximum atomic E-state index is 12.0. The fourth-order valence-corrected chi connectivity index (χ4v) is 1.36. The third-order valence-electron chi connectivity index (χ3n) is 2.96. The minimum absolute atomic E-state index is 0.00903. The summed E-state index contributed by atoms with van der Waals surface area (Å²) in [5, 5.41) is 14.3. The van der Waals surface area contributed by atoms with Gasteiger partial charge in [0.25, 0.3) is 5.91 Å². The van der Waals surface area contributed by atoms with Gasteiger partial charge in [0.15, 0.2) is 5.84 Å². The molecule has 0 spiro atoms. The van der Waals surface area contributed by atoms with Crippen molar-refractivity contribution < 1.29 is 14.7 Å². The summed E-state index contributed by atoms with van der Waals surface area (Å²) in [7, 11) is 1.49. The molecule has 2 unspecified atom stereocenters. The average Bonchev–Trinajstić information content (AvgIpc) is 2.35. The summed E-state index contributed by atoms with van der Waals surface area (Å²) >= 11 is 0. The van der Waals surface area contributed by atoms with Gasteiger partial charge in [-0.3, -0.25) is 4.79 Å². The van der Waals surface area contributed by atoms with E-state index in [-0.39, 0.29) is 11.7 Å². The van der Waals surface area contributed by atoms with E-state index < -0.39 is 11.6 Å². The molecule has 17 heavy (non-hydrogen) atoms. The van der Waals surface area contributed by atoms with Gasteiger partial charge in [-0.2, -0.15) is 0 Å². The number of hydrogen-bond acceptors (Lipinski definition) is 4. The van der Waals surface area contributed by atoms with E-state index in [1.165, 1.54) is 7.11 Å². The van der Waals surface area contributed by atoms with Crippen LogP contribution in [0.1, 0.15) is 40.0 Å². The number of oxime groups is 1. The number of carbonyl (C=O) groups is 1. The number of amides is 1. The minimum atomic E-state index is -0.887. The summed E-state index contributed by atoms with van der Waals surface area (Å²) in [5.74, 6) is -0.248. The molecule has 6 nitrogen and oxygen atoms in total. The molecule has 0 rings (SSSR count). The summed E-state index contributed by atoms with van der Waals surface area (Å²) in [6.45, 7) is 5.53. The largest absolute Gasteiger partial charge is 0.409 e. The van der Waals surface area contributed by atoms with Gasteiger partial charge in [-0.25, -0.2) is 0 Å². The van der Waals surface area contributed by atoms with Crippen LogP contribution in [-0.2, 0) is 9.53 Å². The van der Waals surface area contributed by atoms with Crippen LogP contribution >= 0.6 is 0 Å². The Morgan fingerprint density at radius 2 is 2.18 bits per heavy atom. The molecule has 0 fully saturated rings. The number of nitrogens with zero attached hydrogens (tertiary/aromatic N) is 1. The normalized spacial score (nSPS) is 17.3. The first kappa shape index (κ1) is 15.7. The van der Waals surface area contributed by atoms with Gasteiger partial charge in [0.2, 0.25) is 0 Å². The molecule has 0 saturated heterocycles. The number of ether oxygens (including phenoxy) is 1. The number of rotatable bonds is 7. The Kier molecular flexibility index (Phi) is 6.57. The number of hydrogen-bond donors (Lipinski definition) is 3. The van der Waals surface area contributed by atoms with Gasteiger partial charge in [-0.15, -0.1) is 0 Å². The topological polar surface area (TPSA) is 96.9 Å². The van der Waals surface area contributed by atoms with Crippen molar-refractivity contribution in [2.24, 2.45) is 10.9 Å². The van der Waals surface area contributed by atoms with Crippen molar-refractivity contribution in [2.75, 3.05) is 7.11 Å². The lowest BCUT2D eigenvalue weighted by molar-refractivity contribution is -0.142. The monoisotopic (exact) mass is 245 g/mol. The minimum Gasteiger partial charge on any atom is -0.409 e. The number of carbonyl (C=O) groups excluding carboxylic acids is 1. The van der Waals surface area contributed by atoms with Crippen LogP contribution in [0.4, 0.5) is 0 Å². The van der Waals surface area contributed by atoms with Gasteiger partial charge >= 0.3 is 0 Å². The Morgan fingerprint density at radius 3 is 2.53 bits per heavy atom. The van der Waals surface area contributed by atoms with Crippen molar-refractivity contribution in [3.63, 3.8) is 0 Å². The van der Waals surface area contributed by atoms with E-state index in [0.717, 1.165) is 6.42 Å². The maximum Gasteiger partial charge on any atom is 0.252 e. The van der Waals surface area contributed by atoms with Gasteiger partial charge in [0.05, 0.1) is 6.04 Å². The summed E-state index contributed by atoms with van der Waals surface area (Å²) in [5.41, 5.74) is 4.64. The molecule has 0 aliphatic heterocycles. The second-order valence-electron chi connectivity index (χ2n) is 4.13. The summed E-state index contributed by atoms with van der Waals surface area (Å²) < 4.78 is 5.19. The van der Waals surface area contributed by atoms with Crippen molar-refractivity contribution >= 4 is 11.7 Å². The SMILES string of the molecule is CCCC(NC(=O)C(C)(CC)OC)C(N)=NO. The first-order valence-electron chi connectivity index (χ1n) is 5.78. The maximum absolute atomic E-state index is 12.0. The van der Waals surface area contributed by atoms with Crippen LogP contribution in [0, 0.1) is 0 Å². The van der Waals surface area contributed by atoms with Gasteiger partial charge in [0.1, 0.15) is 5.60 Å². The molecule has 0 saturated carbocycles. The first-order chi connectivity index (χ1) is 7.95. The standard InChI is InChI=1S/C11H23N3O3/c1-5-7-8(9(12)14-16)13-10(15)11(3,6-2)17-4/h8,16H,5-7H2,1-4H3,(H2,12,14)(H,13,15). The van der Waals surface area contributed by atoms with Crippen LogP contribution in [-0.4, -0.2) is 35.7 Å². The van der Waals surface area contributed by atoms with Crippen LogP contribution in [0.15, 0.2) is 5.16 Å². The molecular formula is C11H23N3O3. The molecule has 4 N–H and O–H groups in total. The van der Waals surface area contributed by atoms with E-state index in [9.17, 15) is 4.79 Å². The Balaban J connectivity index is 4.71. The number of methoxy groups -OCH3 is 1. The predicted octanol–water partition coefficient (Wildman–Crippen LogP) is 0.833. The highest BCUT2D eigenvalue weighted by molar-refractivity contribution is 5.92. The van der Waals surface area contributed by atoms with Crippen molar-refractivity contribution in [1.29, 1.82) is 0 Å². The molecule has 0 aromatic heterocycles. The zero-order valence-corrected chi connectivity index (χ0v) is 11.0. The van der Waals surface area contributed by atoms with Gasteiger partial charge in [0, 0.05) is 7.11 Å². The highest BCUT2D eigenvalue weighted by Gasteiger charge is 2.32. The third-order valence-corrected chi connectivity index (χ3v) is 2.96. The van der Waals surface area contributed by atoms with Gasteiger partial charge in [-0.05, 0) is 19.8 Å². The lowest BCUT2D eigenvalue weighted by Gasteiger charge is -2.28. The fourth-order valence-electron chi connectivity index (χ4n) is 1.36. The zero-order chi connectivity index (χ0) is 13.5. The smallest absolute Gasteiger partial charge is 0.252 e. The Morgan fingerprint density at radius 1 is 1.59 bits per heavy atom. The lowest BCUT2D eigenvalue weighted by Crippen LogP contribution is -2.53. The number of nitrogens with two attached hydrogens (primary N) is 1. The summed E-state index contributed by atoms with van der Waals surface area (Å²) in [6.07, 6.45) is 1.98. The number of nitrogens with one attached hydrogen (secondary N) is 1. The lowest BCUT2D eigenvalue weighted by atomic mass is 10.0. The molecular weight excluding hydrogens is 222 g/mol. The highest BCUT2D eigenvalue weighted by Crippen LogP contribution is 2.14. The fraction of sp³-hybridized carbons (Fsp3) is 0.818. The van der Waals surface area contributed by atoms with Crippen molar-refractivity contribution in [3.05, 3.63) is 0 Å². The van der Waals surface area contributed by atoms with E-state index in [4.69, 9.17) is 15.7 Å². The van der Waals surface area contributed by atoms with Crippen LogP contribution in [0.5, 0.6) is 0 Å². The van der Waals surface area contributed by atoms with E-state index in [1.807, 2.05) is 13.8 Å². The van der Waals surface area contributed by atoms with Gasteiger partial charge < -0.3 is 21.0 Å². The highest BCUT2D eigenvalue weighted by atomic mass is 16.5. The second-order valence-corrected chi connectivity index (χ2v) is 4.13. The molecule has 100 valence electrons. The Labute approximate surface area is 102 Å². The quantitative estimate of drug-likeness (QED) is 0.268.